The van der Waals surface area contributed by atoms with Gasteiger partial charge in [0, 0.05) is 11.3 Å². The zero-order chi connectivity index (χ0) is 12.3. The summed E-state index contributed by atoms with van der Waals surface area (Å²) >= 11 is 0. The van der Waals surface area contributed by atoms with Crippen LogP contribution in [0, 0.1) is 6.92 Å². The van der Waals surface area contributed by atoms with Crippen molar-refractivity contribution in [3.8, 4) is 22.8 Å². The van der Waals surface area contributed by atoms with E-state index in [2.05, 4.69) is 9.97 Å². The number of rotatable bonds is 3. The molecule has 0 atom stereocenters. The van der Waals surface area contributed by atoms with Gasteiger partial charge in [-0.25, -0.2) is 9.97 Å². The summed E-state index contributed by atoms with van der Waals surface area (Å²) < 4.78 is 10.5. The van der Waals surface area contributed by atoms with Crippen molar-refractivity contribution in [2.75, 3.05) is 14.2 Å². The fourth-order valence-electron chi connectivity index (χ4n) is 1.61. The molecule has 4 heteroatoms. The Bertz CT molecular complexity index is 527. The van der Waals surface area contributed by atoms with Gasteiger partial charge < -0.3 is 9.47 Å². The third kappa shape index (κ3) is 2.36. The lowest BCUT2D eigenvalue weighted by molar-refractivity contribution is 0.355. The molecule has 0 fully saturated rings. The minimum atomic E-state index is 0.696. The van der Waals surface area contributed by atoms with E-state index in [9.17, 15) is 0 Å². The fraction of sp³-hybridized carbons (Fsp3) is 0.231. The molecule has 88 valence electrons. The van der Waals surface area contributed by atoms with Crippen LogP contribution in [-0.2, 0) is 0 Å². The van der Waals surface area contributed by atoms with Gasteiger partial charge in [-0.2, -0.15) is 0 Å². The van der Waals surface area contributed by atoms with Crippen molar-refractivity contribution in [1.82, 2.24) is 9.97 Å². The predicted octanol–water partition coefficient (Wildman–Crippen LogP) is 2.47. The van der Waals surface area contributed by atoms with Crippen molar-refractivity contribution >= 4 is 0 Å². The maximum Gasteiger partial charge on any atom is 0.161 e. The lowest BCUT2D eigenvalue weighted by atomic mass is 10.1. The van der Waals surface area contributed by atoms with Crippen LogP contribution in [0.15, 0.2) is 30.6 Å². The zero-order valence-electron chi connectivity index (χ0n) is 10.1. The van der Waals surface area contributed by atoms with Crippen LogP contribution in [0.25, 0.3) is 11.3 Å². The first kappa shape index (κ1) is 11.4. The van der Waals surface area contributed by atoms with E-state index in [4.69, 9.17) is 9.47 Å². The number of aromatic nitrogens is 2. The van der Waals surface area contributed by atoms with Crippen LogP contribution in [-0.4, -0.2) is 24.2 Å². The first-order chi connectivity index (χ1) is 8.24. The first-order valence-corrected chi connectivity index (χ1v) is 5.25. The monoisotopic (exact) mass is 230 g/mol. The van der Waals surface area contributed by atoms with Gasteiger partial charge in [-0.05, 0) is 31.2 Å². The topological polar surface area (TPSA) is 44.2 Å². The van der Waals surface area contributed by atoms with Crippen LogP contribution < -0.4 is 9.47 Å². The molecule has 0 spiro atoms. The highest BCUT2D eigenvalue weighted by molar-refractivity contribution is 5.63. The third-order valence-corrected chi connectivity index (χ3v) is 2.48. The van der Waals surface area contributed by atoms with Crippen LogP contribution in [0.1, 0.15) is 5.69 Å². The second kappa shape index (κ2) is 4.82. The molecule has 0 saturated carbocycles. The summed E-state index contributed by atoms with van der Waals surface area (Å²) in [6.07, 6.45) is 1.56. The maximum absolute atomic E-state index is 5.26. The van der Waals surface area contributed by atoms with Crippen molar-refractivity contribution < 1.29 is 9.47 Å². The number of nitrogens with zero attached hydrogens (tertiary/aromatic N) is 2. The molecule has 2 aromatic rings. The summed E-state index contributed by atoms with van der Waals surface area (Å²) in [5, 5.41) is 0. The Balaban J connectivity index is 2.46. The predicted molar refractivity (Wildman–Crippen MR) is 65.3 cm³/mol. The molecule has 17 heavy (non-hydrogen) atoms. The van der Waals surface area contributed by atoms with E-state index in [-0.39, 0.29) is 0 Å². The highest BCUT2D eigenvalue weighted by Crippen LogP contribution is 2.31. The molecule has 0 unspecified atom stereocenters. The smallest absolute Gasteiger partial charge is 0.161 e. The standard InChI is InChI=1S/C13H14N2O2/c1-9-6-11(15-8-14-9)10-4-5-12(16-2)13(7-10)17-3/h4-8H,1-3H3. The third-order valence-electron chi connectivity index (χ3n) is 2.48. The molecule has 0 aliphatic heterocycles. The van der Waals surface area contributed by atoms with Crippen molar-refractivity contribution in [3.05, 3.63) is 36.3 Å². The molecular formula is C13H14N2O2. The van der Waals surface area contributed by atoms with Crippen LogP contribution in [0.3, 0.4) is 0 Å². The minimum absolute atomic E-state index is 0.696. The van der Waals surface area contributed by atoms with Gasteiger partial charge in [0.15, 0.2) is 11.5 Å². The van der Waals surface area contributed by atoms with Gasteiger partial charge >= 0.3 is 0 Å². The molecule has 2 rings (SSSR count). The average Bonchev–Trinajstić information content (AvgIpc) is 2.38. The zero-order valence-corrected chi connectivity index (χ0v) is 10.1. The van der Waals surface area contributed by atoms with Gasteiger partial charge in [0.1, 0.15) is 6.33 Å². The minimum Gasteiger partial charge on any atom is -0.493 e. The van der Waals surface area contributed by atoms with Gasteiger partial charge in [-0.3, -0.25) is 0 Å². The summed E-state index contributed by atoms with van der Waals surface area (Å²) in [6.45, 7) is 1.94. The Kier molecular flexibility index (Phi) is 3.23. The molecule has 0 bridgehead atoms. The van der Waals surface area contributed by atoms with Crippen LogP contribution >= 0.6 is 0 Å². The van der Waals surface area contributed by atoms with Gasteiger partial charge in [-0.15, -0.1) is 0 Å². The molecule has 0 radical (unpaired) electrons. The molecule has 1 aromatic carbocycles. The Morgan fingerprint density at radius 2 is 1.71 bits per heavy atom. The largest absolute Gasteiger partial charge is 0.493 e. The summed E-state index contributed by atoms with van der Waals surface area (Å²) in [5.74, 6) is 1.41. The number of methoxy groups -OCH3 is 2. The van der Waals surface area contributed by atoms with Crippen molar-refractivity contribution in [2.24, 2.45) is 0 Å². The van der Waals surface area contributed by atoms with Gasteiger partial charge in [0.2, 0.25) is 0 Å². The van der Waals surface area contributed by atoms with Gasteiger partial charge in [0.25, 0.3) is 0 Å². The SMILES string of the molecule is COc1ccc(-c2cc(C)ncn2)cc1OC. The molecule has 0 aliphatic rings. The molecular weight excluding hydrogens is 216 g/mol. The average molecular weight is 230 g/mol. The molecule has 1 aromatic heterocycles. The summed E-state index contributed by atoms with van der Waals surface area (Å²) in [7, 11) is 3.24. The molecule has 4 nitrogen and oxygen atoms in total. The van der Waals surface area contributed by atoms with E-state index in [1.165, 1.54) is 0 Å². The second-order valence-corrected chi connectivity index (χ2v) is 3.61. The number of benzene rings is 1. The van der Waals surface area contributed by atoms with Crippen LogP contribution in [0.5, 0.6) is 11.5 Å². The molecule has 0 amide bonds. The van der Waals surface area contributed by atoms with Crippen LogP contribution in [0.4, 0.5) is 0 Å². The summed E-state index contributed by atoms with van der Waals surface area (Å²) in [5.41, 5.74) is 2.79. The second-order valence-electron chi connectivity index (χ2n) is 3.61. The van der Waals surface area contributed by atoms with E-state index in [0.717, 1.165) is 17.0 Å². The van der Waals surface area contributed by atoms with E-state index < -0.39 is 0 Å². The van der Waals surface area contributed by atoms with Crippen LogP contribution in [0.2, 0.25) is 0 Å². The van der Waals surface area contributed by atoms with E-state index >= 15 is 0 Å². The lowest BCUT2D eigenvalue weighted by Gasteiger charge is -2.09. The summed E-state index contributed by atoms with van der Waals surface area (Å²) in [6, 6.07) is 7.65. The number of hydrogen-bond acceptors (Lipinski definition) is 4. The highest BCUT2D eigenvalue weighted by atomic mass is 16.5. The van der Waals surface area contributed by atoms with Crippen molar-refractivity contribution in [3.63, 3.8) is 0 Å². The molecule has 0 aliphatic carbocycles. The van der Waals surface area contributed by atoms with Gasteiger partial charge in [0.05, 0.1) is 19.9 Å². The van der Waals surface area contributed by atoms with E-state index in [1.807, 2.05) is 31.2 Å². The fourth-order valence-corrected chi connectivity index (χ4v) is 1.61. The summed E-state index contributed by atoms with van der Waals surface area (Å²) in [4.78, 5) is 8.31. The Labute approximate surface area is 100 Å². The number of hydrogen-bond donors (Lipinski definition) is 0. The van der Waals surface area contributed by atoms with E-state index in [1.54, 1.807) is 20.5 Å². The van der Waals surface area contributed by atoms with Crippen molar-refractivity contribution in [1.29, 1.82) is 0 Å². The number of ether oxygens (including phenoxy) is 2. The Morgan fingerprint density at radius 1 is 0.941 bits per heavy atom. The first-order valence-electron chi connectivity index (χ1n) is 5.25. The van der Waals surface area contributed by atoms with E-state index in [0.29, 0.717) is 11.5 Å². The highest BCUT2D eigenvalue weighted by Gasteiger charge is 2.07. The van der Waals surface area contributed by atoms with Crippen molar-refractivity contribution in [2.45, 2.75) is 6.92 Å². The van der Waals surface area contributed by atoms with Gasteiger partial charge in [-0.1, -0.05) is 0 Å². The molecule has 0 N–H and O–H groups in total. The number of aryl methyl sites for hydroxylation is 1. The molecule has 0 saturated heterocycles. The normalized spacial score (nSPS) is 10.1. The lowest BCUT2D eigenvalue weighted by Crippen LogP contribution is -1.92. The quantitative estimate of drug-likeness (QED) is 0.812. The Hall–Kier alpha value is -2.10. The molecule has 1 heterocycles. The Morgan fingerprint density at radius 3 is 2.35 bits per heavy atom. The maximum atomic E-state index is 5.26.